The first-order chi connectivity index (χ1) is 6.70. The third kappa shape index (κ3) is 2.49. The van der Waals surface area contributed by atoms with Gasteiger partial charge in [-0.3, -0.25) is 4.79 Å². The van der Waals surface area contributed by atoms with E-state index >= 15 is 0 Å². The zero-order chi connectivity index (χ0) is 10.6. The van der Waals surface area contributed by atoms with Gasteiger partial charge in [0.2, 0.25) is 5.91 Å². The molecule has 1 fully saturated rings. The quantitative estimate of drug-likeness (QED) is 0.681. The topological polar surface area (TPSA) is 20.3 Å². The Morgan fingerprint density at radius 1 is 1.36 bits per heavy atom. The number of amides is 1. The molecular weight excluding hydrogens is 174 g/mol. The fraction of sp³-hybridized carbons (Fsp3) is 0.917. The smallest absolute Gasteiger partial charge is 0.225 e. The molecule has 0 bridgehead atoms. The second-order valence-electron chi connectivity index (χ2n) is 4.39. The van der Waals surface area contributed by atoms with Crippen LogP contribution in [0.1, 0.15) is 52.9 Å². The van der Waals surface area contributed by atoms with Gasteiger partial charge in [-0.05, 0) is 39.0 Å². The summed E-state index contributed by atoms with van der Waals surface area (Å²) in [5.41, 5.74) is 0. The lowest BCUT2D eigenvalue weighted by molar-refractivity contribution is -0.139. The van der Waals surface area contributed by atoms with Gasteiger partial charge in [-0.2, -0.15) is 0 Å². The molecule has 0 aliphatic carbocycles. The van der Waals surface area contributed by atoms with Crippen molar-refractivity contribution in [2.45, 2.75) is 58.9 Å². The molecule has 0 aromatic rings. The van der Waals surface area contributed by atoms with Crippen molar-refractivity contribution in [1.82, 2.24) is 4.90 Å². The number of piperidine rings is 1. The van der Waals surface area contributed by atoms with E-state index in [4.69, 9.17) is 0 Å². The highest BCUT2D eigenvalue weighted by atomic mass is 16.2. The lowest BCUT2D eigenvalue weighted by Gasteiger charge is -2.35. The first-order valence-electron chi connectivity index (χ1n) is 6.01. The Hall–Kier alpha value is -0.530. The minimum absolute atomic E-state index is 0.260. The molecule has 2 heteroatoms. The summed E-state index contributed by atoms with van der Waals surface area (Å²) in [4.78, 5) is 14.2. The molecule has 1 unspecified atom stereocenters. The van der Waals surface area contributed by atoms with Crippen LogP contribution in [0.2, 0.25) is 0 Å². The van der Waals surface area contributed by atoms with Crippen molar-refractivity contribution >= 4 is 5.91 Å². The van der Waals surface area contributed by atoms with Crippen LogP contribution in [0.5, 0.6) is 0 Å². The van der Waals surface area contributed by atoms with Crippen LogP contribution in [0, 0.1) is 5.92 Å². The van der Waals surface area contributed by atoms with Crippen molar-refractivity contribution in [3.8, 4) is 0 Å². The molecule has 0 spiro atoms. The van der Waals surface area contributed by atoms with Gasteiger partial charge in [-0.15, -0.1) is 0 Å². The predicted molar refractivity (Wildman–Crippen MR) is 59.1 cm³/mol. The van der Waals surface area contributed by atoms with Gasteiger partial charge in [-0.1, -0.05) is 13.8 Å². The molecule has 1 amide bonds. The average molecular weight is 197 g/mol. The summed E-state index contributed by atoms with van der Waals surface area (Å²) in [5.74, 6) is 0.651. The van der Waals surface area contributed by atoms with Crippen molar-refractivity contribution < 1.29 is 4.79 Å². The van der Waals surface area contributed by atoms with Crippen LogP contribution < -0.4 is 0 Å². The summed E-state index contributed by atoms with van der Waals surface area (Å²) in [7, 11) is 0. The minimum Gasteiger partial charge on any atom is -0.340 e. The van der Waals surface area contributed by atoms with Gasteiger partial charge in [-0.25, -0.2) is 0 Å². The Bertz CT molecular complexity index is 187. The molecule has 1 heterocycles. The van der Waals surface area contributed by atoms with Crippen molar-refractivity contribution in [2.24, 2.45) is 5.92 Å². The monoisotopic (exact) mass is 197 g/mol. The second-order valence-corrected chi connectivity index (χ2v) is 4.39. The van der Waals surface area contributed by atoms with Crippen LogP contribution in [-0.2, 0) is 4.79 Å². The number of likely N-dealkylation sites (tertiary alicyclic amines) is 1. The van der Waals surface area contributed by atoms with Crippen molar-refractivity contribution in [3.63, 3.8) is 0 Å². The Kier molecular flexibility index (Phi) is 4.43. The van der Waals surface area contributed by atoms with Gasteiger partial charge in [0.1, 0.15) is 0 Å². The van der Waals surface area contributed by atoms with E-state index in [-0.39, 0.29) is 5.92 Å². The summed E-state index contributed by atoms with van der Waals surface area (Å²) in [6, 6.07) is 0.469. The van der Waals surface area contributed by atoms with Gasteiger partial charge < -0.3 is 4.90 Å². The largest absolute Gasteiger partial charge is 0.340 e. The molecule has 2 nitrogen and oxygen atoms in total. The Labute approximate surface area is 87.7 Å². The highest BCUT2D eigenvalue weighted by Gasteiger charge is 2.27. The van der Waals surface area contributed by atoms with Gasteiger partial charge in [0, 0.05) is 18.5 Å². The van der Waals surface area contributed by atoms with Crippen LogP contribution in [0.4, 0.5) is 0 Å². The summed E-state index contributed by atoms with van der Waals surface area (Å²) in [6.45, 7) is 7.39. The molecule has 1 aliphatic heterocycles. The van der Waals surface area contributed by atoms with Gasteiger partial charge in [0.15, 0.2) is 0 Å². The lowest BCUT2D eigenvalue weighted by atomic mass is 9.97. The molecule has 0 radical (unpaired) electrons. The molecule has 0 N–H and O–H groups in total. The van der Waals surface area contributed by atoms with E-state index in [2.05, 4.69) is 25.7 Å². The summed E-state index contributed by atoms with van der Waals surface area (Å²) >= 11 is 0. The van der Waals surface area contributed by atoms with Gasteiger partial charge >= 0.3 is 0 Å². The normalized spacial score (nSPS) is 22.9. The number of carbonyl (C=O) groups excluding carboxylic acids is 1. The zero-order valence-electron chi connectivity index (χ0n) is 9.75. The Morgan fingerprint density at radius 3 is 2.50 bits per heavy atom. The maximum Gasteiger partial charge on any atom is 0.225 e. The van der Waals surface area contributed by atoms with Crippen molar-refractivity contribution in [3.05, 3.63) is 0 Å². The first-order valence-corrected chi connectivity index (χ1v) is 6.01. The van der Waals surface area contributed by atoms with Crippen molar-refractivity contribution in [1.29, 1.82) is 0 Å². The molecule has 0 aromatic heterocycles. The third-order valence-electron chi connectivity index (χ3n) is 3.42. The number of rotatable bonds is 3. The Morgan fingerprint density at radius 2 is 2.00 bits per heavy atom. The molecule has 1 saturated heterocycles. The van der Waals surface area contributed by atoms with E-state index in [9.17, 15) is 4.79 Å². The molecule has 82 valence electrons. The fourth-order valence-corrected chi connectivity index (χ4v) is 2.30. The molecular formula is C12H23NO. The first kappa shape index (κ1) is 11.5. The van der Waals surface area contributed by atoms with Crippen LogP contribution in [0.15, 0.2) is 0 Å². The van der Waals surface area contributed by atoms with Crippen LogP contribution in [0.25, 0.3) is 0 Å². The minimum atomic E-state index is 0.260. The van der Waals surface area contributed by atoms with Gasteiger partial charge in [0.25, 0.3) is 0 Å². The number of carbonyl (C=O) groups is 1. The average Bonchev–Trinajstić information content (AvgIpc) is 2.20. The van der Waals surface area contributed by atoms with E-state index in [1.54, 1.807) is 0 Å². The standard InChI is InChI=1S/C12H23NO/c1-4-11(5-2)12(14)13-9-7-6-8-10(13)3/h10-11H,4-9H2,1-3H3. The van der Waals surface area contributed by atoms with E-state index < -0.39 is 0 Å². The third-order valence-corrected chi connectivity index (χ3v) is 3.42. The molecule has 1 rings (SSSR count). The van der Waals surface area contributed by atoms with E-state index in [0.717, 1.165) is 19.4 Å². The highest BCUT2D eigenvalue weighted by Crippen LogP contribution is 2.21. The highest BCUT2D eigenvalue weighted by molar-refractivity contribution is 5.79. The molecule has 0 saturated carbocycles. The van der Waals surface area contributed by atoms with E-state index in [1.165, 1.54) is 19.3 Å². The predicted octanol–water partition coefficient (Wildman–Crippen LogP) is 2.82. The van der Waals surface area contributed by atoms with Crippen LogP contribution in [0.3, 0.4) is 0 Å². The van der Waals surface area contributed by atoms with E-state index in [1.807, 2.05) is 0 Å². The lowest BCUT2D eigenvalue weighted by Crippen LogP contribution is -2.44. The zero-order valence-corrected chi connectivity index (χ0v) is 9.75. The van der Waals surface area contributed by atoms with E-state index in [0.29, 0.717) is 11.9 Å². The maximum atomic E-state index is 12.1. The summed E-state index contributed by atoms with van der Waals surface area (Å²) < 4.78 is 0. The number of nitrogens with zero attached hydrogens (tertiary/aromatic N) is 1. The summed E-state index contributed by atoms with van der Waals surface area (Å²) in [6.07, 6.45) is 5.63. The Balaban J connectivity index is 2.57. The molecule has 0 aromatic carbocycles. The SMILES string of the molecule is CCC(CC)C(=O)N1CCCCC1C. The van der Waals surface area contributed by atoms with Crippen LogP contribution in [-0.4, -0.2) is 23.4 Å². The fourth-order valence-electron chi connectivity index (χ4n) is 2.30. The van der Waals surface area contributed by atoms with Crippen LogP contribution >= 0.6 is 0 Å². The van der Waals surface area contributed by atoms with Gasteiger partial charge in [0.05, 0.1) is 0 Å². The number of hydrogen-bond acceptors (Lipinski definition) is 1. The maximum absolute atomic E-state index is 12.1. The second kappa shape index (κ2) is 5.38. The molecule has 1 atom stereocenters. The summed E-state index contributed by atoms with van der Waals surface area (Å²) in [5, 5.41) is 0. The van der Waals surface area contributed by atoms with Crippen molar-refractivity contribution in [2.75, 3.05) is 6.54 Å². The molecule has 14 heavy (non-hydrogen) atoms. The molecule has 1 aliphatic rings. The number of hydrogen-bond donors (Lipinski definition) is 0.